The minimum absolute atomic E-state index is 0.320. The maximum atomic E-state index is 12.0. The molecule has 0 aliphatic heterocycles. The van der Waals surface area contributed by atoms with Crippen LogP contribution in [0, 0.1) is 27.7 Å². The number of carbonyl (C=O) groups is 2. The van der Waals surface area contributed by atoms with Crippen molar-refractivity contribution in [3.05, 3.63) is 57.6 Å². The van der Waals surface area contributed by atoms with Crippen molar-refractivity contribution in [2.45, 2.75) is 27.7 Å². The maximum Gasteiger partial charge on any atom is 0.344 e. The monoisotopic (exact) mass is 375 g/mol. The van der Waals surface area contributed by atoms with E-state index in [0.29, 0.717) is 10.8 Å². The molecule has 0 fully saturated rings. The molecule has 0 atom stereocenters. The molecule has 2 aromatic carbocycles. The van der Waals surface area contributed by atoms with Crippen LogP contribution in [0.3, 0.4) is 0 Å². The molecule has 0 radical (unpaired) electrons. The molecule has 0 aliphatic rings. The Morgan fingerprint density at radius 2 is 1.62 bits per heavy atom. The van der Waals surface area contributed by atoms with E-state index in [1.54, 1.807) is 12.1 Å². The zero-order valence-electron chi connectivity index (χ0n) is 15.3. The maximum absolute atomic E-state index is 12.0. The number of ether oxygens (including phenoxy) is 2. The molecule has 1 N–H and O–H groups in total. The number of nitrogens with one attached hydrogen (secondary N) is 1. The predicted octanol–water partition coefficient (Wildman–Crippen LogP) is 4.13. The third kappa shape index (κ3) is 5.49. The highest BCUT2D eigenvalue weighted by Gasteiger charge is 2.12. The molecule has 0 heterocycles. The largest absolute Gasteiger partial charge is 0.480 e. The fourth-order valence-electron chi connectivity index (χ4n) is 2.60. The first-order valence-electron chi connectivity index (χ1n) is 8.18. The van der Waals surface area contributed by atoms with Gasteiger partial charge in [-0.2, -0.15) is 0 Å². The van der Waals surface area contributed by atoms with E-state index in [-0.39, 0.29) is 13.2 Å². The van der Waals surface area contributed by atoms with Crippen LogP contribution in [0.1, 0.15) is 22.3 Å². The van der Waals surface area contributed by atoms with Gasteiger partial charge in [0.1, 0.15) is 5.75 Å². The Bertz CT molecular complexity index is 810. The minimum atomic E-state index is -0.643. The number of esters is 1. The van der Waals surface area contributed by atoms with Gasteiger partial charge in [-0.05, 0) is 56.5 Å². The summed E-state index contributed by atoms with van der Waals surface area (Å²) in [4.78, 5) is 23.8. The lowest BCUT2D eigenvalue weighted by Gasteiger charge is -2.13. The van der Waals surface area contributed by atoms with Gasteiger partial charge >= 0.3 is 5.97 Å². The van der Waals surface area contributed by atoms with E-state index >= 15 is 0 Å². The van der Waals surface area contributed by atoms with Crippen LogP contribution in [0.2, 0.25) is 5.02 Å². The molecule has 0 saturated carbocycles. The second-order valence-electron chi connectivity index (χ2n) is 6.21. The lowest BCUT2D eigenvalue weighted by atomic mass is 10.1. The van der Waals surface area contributed by atoms with Crippen molar-refractivity contribution in [2.24, 2.45) is 0 Å². The van der Waals surface area contributed by atoms with Gasteiger partial charge in [0.2, 0.25) is 0 Å². The third-order valence-electron chi connectivity index (χ3n) is 3.74. The summed E-state index contributed by atoms with van der Waals surface area (Å²) in [6.07, 6.45) is 0. The molecule has 0 saturated heterocycles. The third-order valence-corrected chi connectivity index (χ3v) is 4.05. The first kappa shape index (κ1) is 19.8. The van der Waals surface area contributed by atoms with E-state index in [0.717, 1.165) is 27.9 Å². The van der Waals surface area contributed by atoms with E-state index in [2.05, 4.69) is 5.32 Å². The molecule has 0 bridgehead atoms. The second-order valence-corrected chi connectivity index (χ2v) is 6.61. The molecule has 0 aliphatic carbocycles. The summed E-state index contributed by atoms with van der Waals surface area (Å²) >= 11 is 6.00. The summed E-state index contributed by atoms with van der Waals surface area (Å²) in [5, 5.41) is 3.18. The fourth-order valence-corrected chi connectivity index (χ4v) is 2.77. The Balaban J connectivity index is 1.84. The van der Waals surface area contributed by atoms with Crippen molar-refractivity contribution < 1.29 is 19.1 Å². The molecule has 0 unspecified atom stereocenters. The van der Waals surface area contributed by atoms with Crippen LogP contribution < -0.4 is 10.1 Å². The van der Waals surface area contributed by atoms with Crippen LogP contribution in [0.4, 0.5) is 5.69 Å². The van der Waals surface area contributed by atoms with E-state index in [1.807, 2.05) is 45.9 Å². The van der Waals surface area contributed by atoms with Crippen LogP contribution >= 0.6 is 11.6 Å². The van der Waals surface area contributed by atoms with Crippen LogP contribution in [0.5, 0.6) is 5.75 Å². The lowest BCUT2D eigenvalue weighted by molar-refractivity contribution is -0.149. The van der Waals surface area contributed by atoms with Crippen molar-refractivity contribution in [3.8, 4) is 5.75 Å². The standard InChI is InChI=1S/C20H22ClNO4/c1-12-5-6-16(21)17(9-12)25-11-19(24)26-10-18(23)22-20-14(3)7-13(2)8-15(20)4/h5-9H,10-11H2,1-4H3,(H,22,23). The molecule has 0 spiro atoms. The van der Waals surface area contributed by atoms with E-state index in [4.69, 9.17) is 21.1 Å². The summed E-state index contributed by atoms with van der Waals surface area (Å²) in [6.45, 7) is 7.02. The molecule has 5 nitrogen and oxygen atoms in total. The highest BCUT2D eigenvalue weighted by molar-refractivity contribution is 6.32. The fraction of sp³-hybridized carbons (Fsp3) is 0.300. The number of anilines is 1. The zero-order chi connectivity index (χ0) is 19.3. The normalized spacial score (nSPS) is 10.3. The number of carbonyl (C=O) groups excluding carboxylic acids is 2. The number of halogens is 1. The molecule has 0 aromatic heterocycles. The Morgan fingerprint density at radius 3 is 2.27 bits per heavy atom. The topological polar surface area (TPSA) is 64.6 Å². The number of hydrogen-bond acceptors (Lipinski definition) is 4. The van der Waals surface area contributed by atoms with Crippen molar-refractivity contribution >= 4 is 29.2 Å². The second kappa shape index (κ2) is 8.72. The van der Waals surface area contributed by atoms with Crippen molar-refractivity contribution in [1.82, 2.24) is 0 Å². The summed E-state index contributed by atoms with van der Waals surface area (Å²) in [6, 6.07) is 9.22. The van der Waals surface area contributed by atoms with Gasteiger partial charge in [0.05, 0.1) is 5.02 Å². The van der Waals surface area contributed by atoms with E-state index < -0.39 is 11.9 Å². The van der Waals surface area contributed by atoms with E-state index in [9.17, 15) is 9.59 Å². The Labute approximate surface area is 158 Å². The Kier molecular flexibility index (Phi) is 6.64. The first-order valence-corrected chi connectivity index (χ1v) is 8.56. The first-order chi connectivity index (χ1) is 12.3. The number of hydrogen-bond donors (Lipinski definition) is 1. The molecule has 138 valence electrons. The Morgan fingerprint density at radius 1 is 0.962 bits per heavy atom. The molecule has 2 rings (SSSR count). The summed E-state index contributed by atoms with van der Waals surface area (Å²) in [5.41, 5.74) is 4.73. The average molecular weight is 376 g/mol. The molecule has 26 heavy (non-hydrogen) atoms. The van der Waals surface area contributed by atoms with Crippen LogP contribution in [0.25, 0.3) is 0 Å². The Hall–Kier alpha value is -2.53. The number of amides is 1. The molecular formula is C20H22ClNO4. The summed E-state index contributed by atoms with van der Waals surface area (Å²) < 4.78 is 10.3. The van der Waals surface area contributed by atoms with Gasteiger partial charge in [-0.3, -0.25) is 4.79 Å². The van der Waals surface area contributed by atoms with Gasteiger partial charge in [0.15, 0.2) is 13.2 Å². The molecular weight excluding hydrogens is 354 g/mol. The SMILES string of the molecule is Cc1cc(C)c(NC(=O)COC(=O)COc2cc(C)ccc2Cl)c(C)c1. The summed E-state index contributed by atoms with van der Waals surface area (Å²) in [7, 11) is 0. The van der Waals surface area contributed by atoms with Crippen molar-refractivity contribution in [3.63, 3.8) is 0 Å². The number of rotatable bonds is 6. The highest BCUT2D eigenvalue weighted by Crippen LogP contribution is 2.25. The number of benzene rings is 2. The quantitative estimate of drug-likeness (QED) is 0.771. The van der Waals surface area contributed by atoms with Gasteiger partial charge in [-0.25, -0.2) is 4.79 Å². The lowest BCUT2D eigenvalue weighted by Crippen LogP contribution is -2.24. The van der Waals surface area contributed by atoms with Gasteiger partial charge in [0.25, 0.3) is 5.91 Å². The summed E-state index contributed by atoms with van der Waals surface area (Å²) in [5.74, 6) is -0.643. The zero-order valence-corrected chi connectivity index (χ0v) is 16.1. The van der Waals surface area contributed by atoms with Crippen molar-refractivity contribution in [1.29, 1.82) is 0 Å². The molecule has 1 amide bonds. The van der Waals surface area contributed by atoms with Crippen LogP contribution in [0.15, 0.2) is 30.3 Å². The van der Waals surface area contributed by atoms with Gasteiger partial charge in [-0.1, -0.05) is 35.4 Å². The van der Waals surface area contributed by atoms with E-state index in [1.165, 1.54) is 0 Å². The van der Waals surface area contributed by atoms with Crippen LogP contribution in [-0.2, 0) is 14.3 Å². The molecule has 6 heteroatoms. The average Bonchev–Trinajstić information content (AvgIpc) is 2.57. The smallest absolute Gasteiger partial charge is 0.344 e. The predicted molar refractivity (Wildman–Crippen MR) is 102 cm³/mol. The minimum Gasteiger partial charge on any atom is -0.480 e. The van der Waals surface area contributed by atoms with Gasteiger partial charge in [0, 0.05) is 5.69 Å². The van der Waals surface area contributed by atoms with Crippen molar-refractivity contribution in [2.75, 3.05) is 18.5 Å². The van der Waals surface area contributed by atoms with Crippen LogP contribution in [-0.4, -0.2) is 25.1 Å². The van der Waals surface area contributed by atoms with Gasteiger partial charge in [-0.15, -0.1) is 0 Å². The highest BCUT2D eigenvalue weighted by atomic mass is 35.5. The number of aryl methyl sites for hydroxylation is 4. The van der Waals surface area contributed by atoms with Gasteiger partial charge < -0.3 is 14.8 Å². The molecule has 2 aromatic rings.